The third-order valence-corrected chi connectivity index (χ3v) is 3.20. The van der Waals surface area contributed by atoms with Gasteiger partial charge in [0, 0.05) is 13.1 Å². The number of nitrogens with zero attached hydrogens (tertiary/aromatic N) is 1. The van der Waals surface area contributed by atoms with Crippen molar-refractivity contribution < 1.29 is 0 Å². The maximum atomic E-state index is 5.96. The van der Waals surface area contributed by atoms with E-state index in [-0.39, 0.29) is 0 Å². The van der Waals surface area contributed by atoms with E-state index in [9.17, 15) is 0 Å². The maximum absolute atomic E-state index is 5.96. The van der Waals surface area contributed by atoms with Gasteiger partial charge in [0.15, 0.2) is 0 Å². The highest BCUT2D eigenvalue weighted by Crippen LogP contribution is 2.23. The number of halogens is 2. The highest BCUT2D eigenvalue weighted by molar-refractivity contribution is 6.42. The second kappa shape index (κ2) is 6.45. The van der Waals surface area contributed by atoms with Crippen molar-refractivity contribution in [2.24, 2.45) is 11.7 Å². The van der Waals surface area contributed by atoms with Crippen LogP contribution in [0.5, 0.6) is 0 Å². The minimum Gasteiger partial charge on any atom is -0.330 e. The van der Waals surface area contributed by atoms with E-state index in [2.05, 4.69) is 18.9 Å². The van der Waals surface area contributed by atoms with Gasteiger partial charge in [-0.2, -0.15) is 0 Å². The van der Waals surface area contributed by atoms with Crippen molar-refractivity contribution in [3.05, 3.63) is 33.8 Å². The summed E-state index contributed by atoms with van der Waals surface area (Å²) < 4.78 is 0. The Kier molecular flexibility index (Phi) is 5.56. The first-order valence-corrected chi connectivity index (χ1v) is 6.11. The summed E-state index contributed by atoms with van der Waals surface area (Å²) >= 11 is 11.8. The van der Waals surface area contributed by atoms with Crippen LogP contribution in [0.25, 0.3) is 0 Å². The largest absolute Gasteiger partial charge is 0.330 e. The van der Waals surface area contributed by atoms with Gasteiger partial charge in [-0.25, -0.2) is 0 Å². The molecule has 0 saturated heterocycles. The molecule has 0 aromatic heterocycles. The Morgan fingerprint density at radius 2 is 2.00 bits per heavy atom. The molecule has 4 heteroatoms. The van der Waals surface area contributed by atoms with Gasteiger partial charge in [0.25, 0.3) is 0 Å². The quantitative estimate of drug-likeness (QED) is 0.882. The molecule has 0 aliphatic carbocycles. The fourth-order valence-corrected chi connectivity index (χ4v) is 1.94. The van der Waals surface area contributed by atoms with Gasteiger partial charge in [0.1, 0.15) is 0 Å². The first-order valence-electron chi connectivity index (χ1n) is 5.35. The van der Waals surface area contributed by atoms with E-state index in [0.29, 0.717) is 22.5 Å². The van der Waals surface area contributed by atoms with Crippen molar-refractivity contribution in [2.75, 3.05) is 20.1 Å². The number of benzene rings is 1. The van der Waals surface area contributed by atoms with Gasteiger partial charge < -0.3 is 10.6 Å². The SMILES string of the molecule is CC(CN)CN(C)Cc1ccc(Cl)c(Cl)c1. The molecule has 1 aromatic carbocycles. The van der Waals surface area contributed by atoms with E-state index in [4.69, 9.17) is 28.9 Å². The first kappa shape index (κ1) is 13.8. The van der Waals surface area contributed by atoms with E-state index in [1.165, 1.54) is 5.56 Å². The lowest BCUT2D eigenvalue weighted by Gasteiger charge is -2.20. The van der Waals surface area contributed by atoms with Crippen LogP contribution < -0.4 is 5.73 Å². The highest BCUT2D eigenvalue weighted by Gasteiger charge is 2.06. The molecule has 1 unspecified atom stereocenters. The second-order valence-corrected chi connectivity index (χ2v) is 5.10. The topological polar surface area (TPSA) is 29.3 Å². The molecule has 0 saturated carbocycles. The zero-order valence-electron chi connectivity index (χ0n) is 9.71. The van der Waals surface area contributed by atoms with Gasteiger partial charge in [-0.05, 0) is 37.2 Å². The third kappa shape index (κ3) is 4.30. The molecule has 0 aliphatic heterocycles. The van der Waals surface area contributed by atoms with Gasteiger partial charge in [0.05, 0.1) is 10.0 Å². The van der Waals surface area contributed by atoms with Gasteiger partial charge in [-0.3, -0.25) is 0 Å². The third-order valence-electron chi connectivity index (χ3n) is 2.46. The molecule has 2 nitrogen and oxygen atoms in total. The van der Waals surface area contributed by atoms with Crippen LogP contribution in [0, 0.1) is 5.92 Å². The number of hydrogen-bond acceptors (Lipinski definition) is 2. The summed E-state index contributed by atoms with van der Waals surface area (Å²) in [6.07, 6.45) is 0. The van der Waals surface area contributed by atoms with Crippen LogP contribution in [-0.4, -0.2) is 25.0 Å². The number of rotatable bonds is 5. The van der Waals surface area contributed by atoms with Gasteiger partial charge in [-0.1, -0.05) is 36.2 Å². The maximum Gasteiger partial charge on any atom is 0.0595 e. The molecule has 0 spiro atoms. The van der Waals surface area contributed by atoms with Crippen molar-refractivity contribution in [1.82, 2.24) is 4.90 Å². The van der Waals surface area contributed by atoms with Gasteiger partial charge in [-0.15, -0.1) is 0 Å². The lowest BCUT2D eigenvalue weighted by atomic mass is 10.1. The highest BCUT2D eigenvalue weighted by atomic mass is 35.5. The summed E-state index contributed by atoms with van der Waals surface area (Å²) in [5, 5.41) is 1.21. The van der Waals surface area contributed by atoms with Crippen LogP contribution >= 0.6 is 23.2 Å². The predicted octanol–water partition coefficient (Wildman–Crippen LogP) is 3.02. The minimum atomic E-state index is 0.507. The number of hydrogen-bond donors (Lipinski definition) is 1. The predicted molar refractivity (Wildman–Crippen MR) is 71.0 cm³/mol. The van der Waals surface area contributed by atoms with Crippen LogP contribution in [0.1, 0.15) is 12.5 Å². The summed E-state index contributed by atoms with van der Waals surface area (Å²) in [4.78, 5) is 2.23. The Hall–Kier alpha value is -0.280. The summed E-state index contributed by atoms with van der Waals surface area (Å²) in [6.45, 7) is 4.70. The Labute approximate surface area is 107 Å². The van der Waals surface area contributed by atoms with E-state index >= 15 is 0 Å². The smallest absolute Gasteiger partial charge is 0.0595 e. The summed E-state index contributed by atoms with van der Waals surface area (Å²) in [5.74, 6) is 0.507. The summed E-state index contributed by atoms with van der Waals surface area (Å²) in [6, 6.07) is 5.74. The Morgan fingerprint density at radius 1 is 1.31 bits per heavy atom. The standard InChI is InChI=1S/C12H18Cl2N2/c1-9(6-15)7-16(2)8-10-3-4-11(13)12(14)5-10/h3-5,9H,6-8,15H2,1-2H3. The van der Waals surface area contributed by atoms with Crippen LogP contribution in [0.15, 0.2) is 18.2 Å². The van der Waals surface area contributed by atoms with Crippen LogP contribution in [0.3, 0.4) is 0 Å². The Morgan fingerprint density at radius 3 is 2.56 bits per heavy atom. The molecule has 1 atom stereocenters. The van der Waals surface area contributed by atoms with Crippen molar-refractivity contribution in [3.8, 4) is 0 Å². The van der Waals surface area contributed by atoms with E-state index in [1.807, 2.05) is 18.2 Å². The van der Waals surface area contributed by atoms with E-state index in [0.717, 1.165) is 13.1 Å². The van der Waals surface area contributed by atoms with Crippen molar-refractivity contribution in [2.45, 2.75) is 13.5 Å². The lowest BCUT2D eigenvalue weighted by Crippen LogP contribution is -2.28. The van der Waals surface area contributed by atoms with E-state index < -0.39 is 0 Å². The second-order valence-electron chi connectivity index (χ2n) is 4.29. The molecule has 1 rings (SSSR count). The molecular formula is C12H18Cl2N2. The fourth-order valence-electron chi connectivity index (χ4n) is 1.62. The van der Waals surface area contributed by atoms with Gasteiger partial charge in [0.2, 0.25) is 0 Å². The molecule has 0 bridgehead atoms. The molecule has 1 aromatic rings. The van der Waals surface area contributed by atoms with Crippen LogP contribution in [-0.2, 0) is 6.54 Å². The van der Waals surface area contributed by atoms with Crippen molar-refractivity contribution in [1.29, 1.82) is 0 Å². The van der Waals surface area contributed by atoms with E-state index in [1.54, 1.807) is 0 Å². The lowest BCUT2D eigenvalue weighted by molar-refractivity contribution is 0.282. The zero-order valence-corrected chi connectivity index (χ0v) is 11.2. The fraction of sp³-hybridized carbons (Fsp3) is 0.500. The van der Waals surface area contributed by atoms with Crippen LogP contribution in [0.4, 0.5) is 0 Å². The van der Waals surface area contributed by atoms with Crippen molar-refractivity contribution in [3.63, 3.8) is 0 Å². The van der Waals surface area contributed by atoms with Gasteiger partial charge >= 0.3 is 0 Å². The molecule has 2 N–H and O–H groups in total. The minimum absolute atomic E-state index is 0.507. The molecular weight excluding hydrogens is 243 g/mol. The van der Waals surface area contributed by atoms with Crippen LogP contribution in [0.2, 0.25) is 10.0 Å². The molecule has 0 heterocycles. The Bertz CT molecular complexity index is 342. The average molecular weight is 261 g/mol. The monoisotopic (exact) mass is 260 g/mol. The molecule has 90 valence electrons. The first-order chi connectivity index (χ1) is 7.52. The molecule has 0 amide bonds. The molecule has 16 heavy (non-hydrogen) atoms. The Balaban J connectivity index is 2.56. The molecule has 0 fully saturated rings. The summed E-state index contributed by atoms with van der Waals surface area (Å²) in [5.41, 5.74) is 6.76. The molecule has 0 aliphatic rings. The normalized spacial score (nSPS) is 13.1. The summed E-state index contributed by atoms with van der Waals surface area (Å²) in [7, 11) is 2.08. The molecule has 0 radical (unpaired) electrons. The zero-order chi connectivity index (χ0) is 12.1. The van der Waals surface area contributed by atoms with Crippen molar-refractivity contribution >= 4 is 23.2 Å². The number of nitrogens with two attached hydrogens (primary N) is 1. The average Bonchev–Trinajstić information content (AvgIpc) is 2.23.